The number of ether oxygens (including phenoxy) is 1. The van der Waals surface area contributed by atoms with Crippen molar-refractivity contribution in [3.8, 4) is 5.75 Å². The van der Waals surface area contributed by atoms with E-state index in [2.05, 4.69) is 39.9 Å². The Morgan fingerprint density at radius 2 is 1.85 bits per heavy atom. The monoisotopic (exact) mass is 542 g/mol. The number of hydrogen-bond acceptors (Lipinski definition) is 5. The first-order valence-corrected chi connectivity index (χ1v) is 14.1. The number of halogens is 1. The lowest BCUT2D eigenvalue weighted by Gasteiger charge is -2.37. The van der Waals surface area contributed by atoms with E-state index < -0.39 is 6.04 Å². The van der Waals surface area contributed by atoms with Gasteiger partial charge < -0.3 is 19.9 Å². The number of amides is 2. The highest BCUT2D eigenvalue weighted by Gasteiger charge is 2.39. The fraction of sp³-hybridized carbons (Fsp3) is 0.375. The number of hydrogen-bond donors (Lipinski definition) is 1. The Balaban J connectivity index is 0.991. The molecule has 2 saturated heterocycles. The van der Waals surface area contributed by atoms with E-state index in [0.717, 1.165) is 56.0 Å². The second kappa shape index (κ2) is 11.3. The highest BCUT2D eigenvalue weighted by Crippen LogP contribution is 2.34. The Morgan fingerprint density at radius 3 is 2.58 bits per heavy atom. The van der Waals surface area contributed by atoms with Crippen LogP contribution in [0.25, 0.3) is 0 Å². The Kier molecular flexibility index (Phi) is 7.43. The molecule has 1 N–H and O–H groups in total. The molecule has 40 heavy (non-hydrogen) atoms. The average molecular weight is 543 g/mol. The molecule has 6 rings (SSSR count). The van der Waals surface area contributed by atoms with E-state index in [-0.39, 0.29) is 17.6 Å². The highest BCUT2D eigenvalue weighted by molar-refractivity contribution is 6.02. The van der Waals surface area contributed by atoms with Gasteiger partial charge in [0.15, 0.2) is 0 Å². The summed E-state index contributed by atoms with van der Waals surface area (Å²) in [5.41, 5.74) is 4.37. The van der Waals surface area contributed by atoms with E-state index in [9.17, 15) is 14.0 Å². The van der Waals surface area contributed by atoms with Crippen molar-refractivity contribution in [2.75, 3.05) is 44.2 Å². The number of allylic oxidation sites excluding steroid dienone is 2. The summed E-state index contributed by atoms with van der Waals surface area (Å²) in [5.74, 6) is 0.680. The summed E-state index contributed by atoms with van der Waals surface area (Å²) in [7, 11) is 0. The zero-order valence-corrected chi connectivity index (χ0v) is 22.7. The van der Waals surface area contributed by atoms with Crippen molar-refractivity contribution in [2.24, 2.45) is 5.92 Å². The third-order valence-corrected chi connectivity index (χ3v) is 8.37. The molecule has 0 radical (unpaired) electrons. The van der Waals surface area contributed by atoms with Gasteiger partial charge in [-0.25, -0.2) is 4.39 Å². The topological polar surface area (TPSA) is 65.1 Å². The molecule has 8 heteroatoms. The number of carbonyl (C=O) groups excluding carboxylic acids is 2. The highest BCUT2D eigenvalue weighted by atomic mass is 19.1. The lowest BCUT2D eigenvalue weighted by molar-refractivity contribution is -0.126. The maximum Gasteiger partial charge on any atom is 0.255 e. The molecule has 2 aromatic carbocycles. The first-order valence-electron chi connectivity index (χ1n) is 14.1. The van der Waals surface area contributed by atoms with Crippen LogP contribution in [0, 0.1) is 11.7 Å². The fourth-order valence-corrected chi connectivity index (χ4v) is 6.06. The van der Waals surface area contributed by atoms with E-state index in [1.54, 1.807) is 4.90 Å². The minimum atomic E-state index is -0.481. The van der Waals surface area contributed by atoms with E-state index in [4.69, 9.17) is 4.74 Å². The van der Waals surface area contributed by atoms with Crippen molar-refractivity contribution in [3.63, 3.8) is 0 Å². The molecule has 0 spiro atoms. The largest absolute Gasteiger partial charge is 0.489 e. The summed E-state index contributed by atoms with van der Waals surface area (Å²) in [5, 5.41) is 2.79. The van der Waals surface area contributed by atoms with Crippen LogP contribution in [0.15, 0.2) is 78.5 Å². The van der Waals surface area contributed by atoms with Crippen molar-refractivity contribution >= 4 is 17.5 Å². The van der Waals surface area contributed by atoms with Crippen molar-refractivity contribution < 1.29 is 18.7 Å². The fourth-order valence-electron chi connectivity index (χ4n) is 6.06. The molecule has 0 aromatic heterocycles. The van der Waals surface area contributed by atoms with Gasteiger partial charge in [0.05, 0.1) is 6.54 Å². The van der Waals surface area contributed by atoms with E-state index in [1.807, 2.05) is 30.3 Å². The standard InChI is InChI=1S/C32H35FN4O3/c1-22-5-14-29(31(38)34-22)37-20-28-27(32(37)39)3-2-4-30(28)40-21-24-8-6-23(7-9-24)19-35-15-17-36(18-16-35)26-12-10-25(33)11-13-26/h2-4,6,8-13,23,29H,1,5,7,14-21H2,(H,34,38). The molecular formula is C32H35FN4O3. The summed E-state index contributed by atoms with van der Waals surface area (Å²) in [6.45, 7) is 9.54. The van der Waals surface area contributed by atoms with Gasteiger partial charge in [-0.15, -0.1) is 0 Å². The van der Waals surface area contributed by atoms with E-state index in [1.165, 1.54) is 12.1 Å². The summed E-state index contributed by atoms with van der Waals surface area (Å²) in [6, 6.07) is 11.8. The smallest absolute Gasteiger partial charge is 0.255 e. The van der Waals surface area contributed by atoms with Crippen LogP contribution in [-0.4, -0.2) is 67.0 Å². The molecule has 2 unspecified atom stereocenters. The van der Waals surface area contributed by atoms with Gasteiger partial charge in [-0.1, -0.05) is 30.9 Å². The lowest BCUT2D eigenvalue weighted by atomic mass is 9.96. The number of anilines is 1. The molecule has 4 aliphatic rings. The molecule has 2 atom stereocenters. The number of benzene rings is 2. The maximum absolute atomic E-state index is 13.2. The molecule has 7 nitrogen and oxygen atoms in total. The Bertz CT molecular complexity index is 1360. The van der Waals surface area contributed by atoms with Crippen molar-refractivity contribution in [2.45, 2.75) is 31.8 Å². The molecule has 0 saturated carbocycles. The van der Waals surface area contributed by atoms with Gasteiger partial charge in [0.1, 0.15) is 24.2 Å². The Morgan fingerprint density at radius 1 is 1.05 bits per heavy atom. The normalized spacial score (nSPS) is 23.2. The van der Waals surface area contributed by atoms with E-state index >= 15 is 0 Å². The van der Waals surface area contributed by atoms with Crippen LogP contribution in [0.1, 0.15) is 35.2 Å². The van der Waals surface area contributed by atoms with Gasteiger partial charge >= 0.3 is 0 Å². The summed E-state index contributed by atoms with van der Waals surface area (Å²) >= 11 is 0. The third kappa shape index (κ3) is 5.54. The number of piperazine rings is 1. The van der Waals surface area contributed by atoms with Crippen LogP contribution in [0.4, 0.5) is 10.1 Å². The van der Waals surface area contributed by atoms with Gasteiger partial charge in [-0.05, 0) is 67.2 Å². The molecule has 0 bridgehead atoms. The second-order valence-electron chi connectivity index (χ2n) is 11.0. The number of piperidine rings is 1. The minimum absolute atomic E-state index is 0.119. The minimum Gasteiger partial charge on any atom is -0.489 e. The summed E-state index contributed by atoms with van der Waals surface area (Å²) in [6.07, 6.45) is 8.91. The molecule has 2 aromatic rings. The number of nitrogens with zero attached hydrogens (tertiary/aromatic N) is 3. The van der Waals surface area contributed by atoms with E-state index in [0.29, 0.717) is 48.9 Å². The first-order chi connectivity index (χ1) is 19.4. The van der Waals surface area contributed by atoms with Gasteiger partial charge in [0, 0.05) is 55.2 Å². The van der Waals surface area contributed by atoms with Gasteiger partial charge in [-0.2, -0.15) is 0 Å². The third-order valence-electron chi connectivity index (χ3n) is 8.37. The Labute approximate surface area is 234 Å². The van der Waals surface area contributed by atoms with Crippen LogP contribution in [0.2, 0.25) is 0 Å². The number of nitrogens with one attached hydrogen (secondary N) is 1. The van der Waals surface area contributed by atoms with Gasteiger partial charge in [0.25, 0.3) is 5.91 Å². The quantitative estimate of drug-likeness (QED) is 0.566. The maximum atomic E-state index is 13.2. The van der Waals surface area contributed by atoms with Crippen LogP contribution in [-0.2, 0) is 11.3 Å². The van der Waals surface area contributed by atoms with Gasteiger partial charge in [0.2, 0.25) is 5.91 Å². The van der Waals surface area contributed by atoms with Crippen molar-refractivity contribution in [1.29, 1.82) is 0 Å². The van der Waals surface area contributed by atoms with Crippen LogP contribution in [0.3, 0.4) is 0 Å². The SMILES string of the molecule is C=C1CCC(N2Cc3c(OCC4=CCC(CN5CCN(c6ccc(F)cc6)CC5)C=C4)cccc3C2=O)C(=O)N1. The van der Waals surface area contributed by atoms with Gasteiger partial charge in [-0.3, -0.25) is 14.5 Å². The van der Waals surface area contributed by atoms with Crippen LogP contribution >= 0.6 is 0 Å². The molecule has 208 valence electrons. The number of carbonyl (C=O) groups is 2. The molecule has 3 aliphatic heterocycles. The predicted octanol–water partition coefficient (Wildman–Crippen LogP) is 4.28. The Hall–Kier alpha value is -3.91. The number of rotatable bonds is 7. The summed E-state index contributed by atoms with van der Waals surface area (Å²) < 4.78 is 19.4. The molecular weight excluding hydrogens is 507 g/mol. The zero-order valence-electron chi connectivity index (χ0n) is 22.7. The second-order valence-corrected chi connectivity index (χ2v) is 11.0. The molecule has 1 aliphatic carbocycles. The molecule has 3 heterocycles. The molecule has 2 fully saturated rings. The van der Waals surface area contributed by atoms with Crippen LogP contribution in [0.5, 0.6) is 5.75 Å². The first kappa shape index (κ1) is 26.3. The summed E-state index contributed by atoms with van der Waals surface area (Å²) in [4.78, 5) is 32.1. The van der Waals surface area contributed by atoms with Crippen LogP contribution < -0.4 is 15.0 Å². The zero-order chi connectivity index (χ0) is 27.6. The van der Waals surface area contributed by atoms with Crippen molar-refractivity contribution in [1.82, 2.24) is 15.1 Å². The number of fused-ring (bicyclic) bond motifs is 1. The van der Waals surface area contributed by atoms with Crippen molar-refractivity contribution in [3.05, 3.63) is 95.5 Å². The average Bonchev–Trinajstić information content (AvgIpc) is 3.30. The predicted molar refractivity (Wildman–Crippen MR) is 152 cm³/mol. The lowest BCUT2D eigenvalue weighted by Crippen LogP contribution is -2.49. The molecule has 2 amide bonds.